The van der Waals surface area contributed by atoms with E-state index in [2.05, 4.69) is 10.6 Å². The summed E-state index contributed by atoms with van der Waals surface area (Å²) >= 11 is 0. The molecule has 0 saturated heterocycles. The normalized spacial score (nSPS) is 13.0. The molecule has 0 aromatic heterocycles. The first-order chi connectivity index (χ1) is 13.8. The average molecular weight is 396 g/mol. The number of urea groups is 1. The lowest BCUT2D eigenvalue weighted by molar-refractivity contribution is -0.125. The lowest BCUT2D eigenvalue weighted by Crippen LogP contribution is -2.38. The van der Waals surface area contributed by atoms with Crippen LogP contribution in [0.3, 0.4) is 0 Å². The van der Waals surface area contributed by atoms with Crippen LogP contribution in [0.1, 0.15) is 31.9 Å². The van der Waals surface area contributed by atoms with E-state index in [0.717, 1.165) is 35.4 Å². The molecule has 0 unspecified atom stereocenters. The Bertz CT molecular complexity index is 885. The third-order valence-corrected chi connectivity index (χ3v) is 4.98. The van der Waals surface area contributed by atoms with Gasteiger partial charge in [-0.3, -0.25) is 4.79 Å². The number of benzene rings is 2. The van der Waals surface area contributed by atoms with Crippen LogP contribution in [0.2, 0.25) is 0 Å². The summed E-state index contributed by atoms with van der Waals surface area (Å²) in [5.74, 6) is 0.910. The van der Waals surface area contributed by atoms with Crippen molar-refractivity contribution in [1.82, 2.24) is 5.32 Å². The van der Waals surface area contributed by atoms with E-state index in [-0.39, 0.29) is 11.9 Å². The van der Waals surface area contributed by atoms with Gasteiger partial charge in [-0.25, -0.2) is 4.79 Å². The number of hydrogen-bond donors (Lipinski definition) is 2. The number of methoxy groups -OCH3 is 1. The largest absolute Gasteiger partial charge is 0.497 e. The first-order valence-corrected chi connectivity index (χ1v) is 9.90. The van der Waals surface area contributed by atoms with Gasteiger partial charge in [0.15, 0.2) is 0 Å². The quantitative estimate of drug-likeness (QED) is 0.804. The van der Waals surface area contributed by atoms with Crippen LogP contribution < -0.4 is 20.3 Å². The fourth-order valence-corrected chi connectivity index (χ4v) is 3.36. The number of fused-ring (bicyclic) bond motifs is 1. The van der Waals surface area contributed by atoms with Crippen LogP contribution in [-0.2, 0) is 17.6 Å². The topological polar surface area (TPSA) is 70.7 Å². The van der Waals surface area contributed by atoms with Crippen LogP contribution in [0.4, 0.5) is 16.2 Å². The highest BCUT2D eigenvalue weighted by Gasteiger charge is 2.32. The highest BCUT2D eigenvalue weighted by atomic mass is 16.5. The Morgan fingerprint density at radius 1 is 1.10 bits per heavy atom. The SMILES string of the molecule is COc1ccc(CCNC(=O)Nc2ccc3c(c2)N(C(=O)C(C)(C)C)CC3)cc1. The zero-order valence-corrected chi connectivity index (χ0v) is 17.5. The summed E-state index contributed by atoms with van der Waals surface area (Å²) in [5.41, 5.74) is 3.39. The number of nitrogens with zero attached hydrogens (tertiary/aromatic N) is 1. The molecule has 6 heteroatoms. The molecule has 1 aliphatic rings. The maximum atomic E-state index is 12.7. The second-order valence-electron chi connectivity index (χ2n) is 8.28. The van der Waals surface area contributed by atoms with Gasteiger partial charge in [-0.15, -0.1) is 0 Å². The molecule has 0 fully saturated rings. The molecule has 3 amide bonds. The number of carbonyl (C=O) groups is 2. The molecule has 0 aliphatic carbocycles. The van der Waals surface area contributed by atoms with Crippen molar-refractivity contribution >= 4 is 23.3 Å². The fraction of sp³-hybridized carbons (Fsp3) is 0.391. The van der Waals surface area contributed by atoms with Crippen LogP contribution in [0.5, 0.6) is 5.75 Å². The second-order valence-corrected chi connectivity index (χ2v) is 8.28. The smallest absolute Gasteiger partial charge is 0.319 e. The van der Waals surface area contributed by atoms with Gasteiger partial charge < -0.3 is 20.3 Å². The van der Waals surface area contributed by atoms with Crippen molar-refractivity contribution in [2.24, 2.45) is 5.41 Å². The van der Waals surface area contributed by atoms with Crippen molar-refractivity contribution in [2.45, 2.75) is 33.6 Å². The van der Waals surface area contributed by atoms with Crippen molar-refractivity contribution in [3.8, 4) is 5.75 Å². The van der Waals surface area contributed by atoms with E-state index in [9.17, 15) is 9.59 Å². The number of ether oxygens (including phenoxy) is 1. The van der Waals surface area contributed by atoms with E-state index in [1.54, 1.807) is 7.11 Å². The Balaban J connectivity index is 1.56. The molecule has 1 aliphatic heterocycles. The zero-order valence-electron chi connectivity index (χ0n) is 17.5. The summed E-state index contributed by atoms with van der Waals surface area (Å²) in [5, 5.41) is 5.74. The number of anilines is 2. The van der Waals surface area contributed by atoms with Crippen LogP contribution in [-0.4, -0.2) is 32.1 Å². The Morgan fingerprint density at radius 3 is 2.48 bits per heavy atom. The summed E-state index contributed by atoms with van der Waals surface area (Å²) in [4.78, 5) is 26.8. The summed E-state index contributed by atoms with van der Waals surface area (Å²) in [6.07, 6.45) is 1.57. The van der Waals surface area contributed by atoms with E-state index in [1.807, 2.05) is 68.1 Å². The minimum atomic E-state index is -0.441. The second kappa shape index (κ2) is 8.55. The highest BCUT2D eigenvalue weighted by Crippen LogP contribution is 2.34. The molecule has 3 rings (SSSR count). The molecule has 0 spiro atoms. The number of nitrogens with one attached hydrogen (secondary N) is 2. The Morgan fingerprint density at radius 2 is 1.83 bits per heavy atom. The van der Waals surface area contributed by atoms with E-state index in [1.165, 1.54) is 0 Å². The predicted octanol–water partition coefficient (Wildman–Crippen LogP) is 3.99. The summed E-state index contributed by atoms with van der Waals surface area (Å²) < 4.78 is 5.15. The molecule has 1 heterocycles. The molecular weight excluding hydrogens is 366 g/mol. The van der Waals surface area contributed by atoms with E-state index in [0.29, 0.717) is 18.8 Å². The molecule has 2 aromatic carbocycles. The summed E-state index contributed by atoms with van der Waals surface area (Å²) in [7, 11) is 1.64. The first kappa shape index (κ1) is 20.7. The van der Waals surface area contributed by atoms with Crippen LogP contribution in [0.25, 0.3) is 0 Å². The molecule has 0 bridgehead atoms. The molecular formula is C23H29N3O3. The third-order valence-electron chi connectivity index (χ3n) is 4.98. The highest BCUT2D eigenvalue weighted by molar-refractivity contribution is 6.00. The Kier molecular flexibility index (Phi) is 6.11. The molecule has 154 valence electrons. The van der Waals surface area contributed by atoms with Crippen molar-refractivity contribution in [1.29, 1.82) is 0 Å². The molecule has 2 aromatic rings. The maximum absolute atomic E-state index is 12.7. The number of carbonyl (C=O) groups excluding carboxylic acids is 2. The number of hydrogen-bond acceptors (Lipinski definition) is 3. The first-order valence-electron chi connectivity index (χ1n) is 9.90. The molecule has 0 radical (unpaired) electrons. The van der Waals surface area contributed by atoms with E-state index in [4.69, 9.17) is 4.74 Å². The van der Waals surface area contributed by atoms with Gasteiger partial charge in [-0.05, 0) is 48.2 Å². The standard InChI is InChI=1S/C23H29N3O3/c1-23(2,3)21(27)26-14-12-17-7-8-18(15-20(17)26)25-22(28)24-13-11-16-5-9-19(29-4)10-6-16/h5-10,15H,11-14H2,1-4H3,(H2,24,25,28). The van der Waals surface area contributed by atoms with Gasteiger partial charge in [-0.1, -0.05) is 39.0 Å². The lowest BCUT2D eigenvalue weighted by Gasteiger charge is -2.26. The summed E-state index contributed by atoms with van der Waals surface area (Å²) in [6, 6.07) is 13.3. The number of rotatable bonds is 5. The molecule has 6 nitrogen and oxygen atoms in total. The number of amides is 3. The summed E-state index contributed by atoms with van der Waals surface area (Å²) in [6.45, 7) is 6.98. The minimum absolute atomic E-state index is 0.0948. The van der Waals surface area contributed by atoms with Crippen molar-refractivity contribution < 1.29 is 14.3 Å². The van der Waals surface area contributed by atoms with Gasteiger partial charge in [0.2, 0.25) is 5.91 Å². The van der Waals surface area contributed by atoms with Crippen LogP contribution >= 0.6 is 0 Å². The van der Waals surface area contributed by atoms with Crippen molar-refractivity contribution in [2.75, 3.05) is 30.4 Å². The fourth-order valence-electron chi connectivity index (χ4n) is 3.36. The molecule has 0 saturated carbocycles. The predicted molar refractivity (Wildman–Crippen MR) is 116 cm³/mol. The van der Waals surface area contributed by atoms with Gasteiger partial charge in [0.05, 0.1) is 7.11 Å². The van der Waals surface area contributed by atoms with Crippen LogP contribution in [0.15, 0.2) is 42.5 Å². The maximum Gasteiger partial charge on any atom is 0.319 e. The van der Waals surface area contributed by atoms with E-state index < -0.39 is 5.41 Å². The van der Waals surface area contributed by atoms with Gasteiger partial charge in [0.1, 0.15) is 5.75 Å². The Hall–Kier alpha value is -3.02. The van der Waals surface area contributed by atoms with Gasteiger partial charge in [0, 0.05) is 29.9 Å². The molecule has 2 N–H and O–H groups in total. The van der Waals surface area contributed by atoms with E-state index >= 15 is 0 Å². The molecule has 29 heavy (non-hydrogen) atoms. The Labute approximate surface area is 172 Å². The van der Waals surface area contributed by atoms with Crippen molar-refractivity contribution in [3.63, 3.8) is 0 Å². The van der Waals surface area contributed by atoms with Gasteiger partial charge in [0.25, 0.3) is 0 Å². The third kappa shape index (κ3) is 5.08. The zero-order chi connectivity index (χ0) is 21.0. The monoisotopic (exact) mass is 395 g/mol. The molecule has 0 atom stereocenters. The van der Waals surface area contributed by atoms with Crippen molar-refractivity contribution in [3.05, 3.63) is 53.6 Å². The van der Waals surface area contributed by atoms with Gasteiger partial charge >= 0.3 is 6.03 Å². The van der Waals surface area contributed by atoms with Crippen LogP contribution in [0, 0.1) is 5.41 Å². The minimum Gasteiger partial charge on any atom is -0.497 e. The average Bonchev–Trinajstić information content (AvgIpc) is 3.10. The van der Waals surface area contributed by atoms with Gasteiger partial charge in [-0.2, -0.15) is 0 Å². The lowest BCUT2D eigenvalue weighted by atomic mass is 9.94.